The zero-order valence-corrected chi connectivity index (χ0v) is 11.2. The van der Waals surface area contributed by atoms with E-state index in [9.17, 15) is 4.79 Å². The maximum atomic E-state index is 11.0. The molecule has 0 aliphatic carbocycles. The molecule has 0 aromatic carbocycles. The normalized spacial score (nSPS) is 27.7. The lowest BCUT2D eigenvalue weighted by atomic mass is 9.70. The molecule has 7 heteroatoms. The fourth-order valence-electron chi connectivity index (χ4n) is 2.57. The Labute approximate surface area is 117 Å². The van der Waals surface area contributed by atoms with E-state index in [4.69, 9.17) is 24.5 Å². The Morgan fingerprint density at radius 2 is 2.40 bits per heavy atom. The molecule has 20 heavy (non-hydrogen) atoms. The minimum absolute atomic E-state index is 0.165. The summed E-state index contributed by atoms with van der Waals surface area (Å²) in [4.78, 5) is 11.0. The molecule has 3 aliphatic heterocycles. The molecule has 0 amide bonds. The summed E-state index contributed by atoms with van der Waals surface area (Å²) in [6, 6.07) is 0. The predicted octanol–water partition coefficient (Wildman–Crippen LogP) is 0.100. The van der Waals surface area contributed by atoms with E-state index in [1.165, 1.54) is 6.92 Å². The van der Waals surface area contributed by atoms with Crippen LogP contribution in [0.15, 0.2) is 35.0 Å². The van der Waals surface area contributed by atoms with Crippen LogP contribution in [-0.2, 0) is 23.6 Å². The summed E-state index contributed by atoms with van der Waals surface area (Å²) in [6.07, 6.45) is 4.99. The number of carbonyl (C=O) groups is 1. The number of allylic oxidation sites excluding steroid dienone is 3. The predicted molar refractivity (Wildman–Crippen MR) is 71.4 cm³/mol. The molecule has 0 fully saturated rings. The molecule has 0 saturated carbocycles. The smallest absolute Gasteiger partial charge is 0.495 e. The van der Waals surface area contributed by atoms with Gasteiger partial charge in [0.15, 0.2) is 0 Å². The van der Waals surface area contributed by atoms with Crippen LogP contribution in [-0.4, -0.2) is 45.1 Å². The summed E-state index contributed by atoms with van der Waals surface area (Å²) < 4.78 is 22.1. The average Bonchev–Trinajstić information content (AvgIpc) is 2.63. The molecule has 6 nitrogen and oxygen atoms in total. The molecule has 0 spiro atoms. The lowest BCUT2D eigenvalue weighted by molar-refractivity contribution is -0.143. The third kappa shape index (κ3) is 2.39. The van der Waals surface area contributed by atoms with Crippen LogP contribution in [0.1, 0.15) is 6.92 Å². The number of ether oxygens (including phenoxy) is 2. The Balaban J connectivity index is 1.88. The van der Waals surface area contributed by atoms with Crippen molar-refractivity contribution in [2.75, 3.05) is 19.8 Å². The molecule has 0 radical (unpaired) electrons. The zero-order chi connectivity index (χ0) is 14.1. The molecule has 106 valence electrons. The molecule has 2 N–H and O–H groups in total. The zero-order valence-electron chi connectivity index (χ0n) is 11.2. The number of carbonyl (C=O) groups excluding carboxylic acids is 1. The fraction of sp³-hybridized carbons (Fsp3) is 0.462. The topological polar surface area (TPSA) is 80.0 Å². The van der Waals surface area contributed by atoms with Crippen LogP contribution < -0.4 is 5.73 Å². The van der Waals surface area contributed by atoms with E-state index in [0.29, 0.717) is 13.2 Å². The average molecular weight is 277 g/mol. The third-order valence-corrected chi connectivity index (χ3v) is 3.49. The first kappa shape index (κ1) is 13.4. The Kier molecular flexibility index (Phi) is 3.65. The van der Waals surface area contributed by atoms with Crippen LogP contribution in [0.3, 0.4) is 0 Å². The Bertz CT molecular complexity index is 513. The Hall–Kier alpha value is -1.57. The lowest BCUT2D eigenvalue weighted by Crippen LogP contribution is -2.37. The largest absolute Gasteiger partial charge is 0.497 e. The number of esters is 1. The van der Waals surface area contributed by atoms with E-state index in [2.05, 4.69) is 0 Å². The van der Waals surface area contributed by atoms with Gasteiger partial charge in [-0.1, -0.05) is 0 Å². The van der Waals surface area contributed by atoms with Crippen molar-refractivity contribution in [1.29, 1.82) is 0 Å². The highest BCUT2D eigenvalue weighted by Gasteiger charge is 2.45. The molecule has 0 aromatic rings. The van der Waals surface area contributed by atoms with Crippen LogP contribution in [0.4, 0.5) is 0 Å². The van der Waals surface area contributed by atoms with Gasteiger partial charge in [0.05, 0.1) is 12.4 Å². The summed E-state index contributed by atoms with van der Waals surface area (Å²) in [6.45, 7) is 2.33. The first-order chi connectivity index (χ1) is 9.69. The van der Waals surface area contributed by atoms with Crippen LogP contribution in [0.2, 0.25) is 0 Å². The van der Waals surface area contributed by atoms with Gasteiger partial charge in [-0.15, -0.1) is 0 Å². The second-order valence-corrected chi connectivity index (χ2v) is 4.84. The number of rotatable bonds is 3. The summed E-state index contributed by atoms with van der Waals surface area (Å²) in [5, 5.41) is 0. The van der Waals surface area contributed by atoms with Gasteiger partial charge in [0.2, 0.25) is 0 Å². The van der Waals surface area contributed by atoms with Crippen LogP contribution in [0, 0.1) is 0 Å². The minimum Gasteiger partial charge on any atom is -0.497 e. The van der Waals surface area contributed by atoms with E-state index < -0.39 is 7.12 Å². The monoisotopic (exact) mass is 277 g/mol. The summed E-state index contributed by atoms with van der Waals surface area (Å²) >= 11 is 0. The van der Waals surface area contributed by atoms with Crippen LogP contribution in [0.25, 0.3) is 0 Å². The van der Waals surface area contributed by atoms with Gasteiger partial charge in [-0.25, -0.2) is 0 Å². The maximum absolute atomic E-state index is 11.0. The van der Waals surface area contributed by atoms with Gasteiger partial charge in [0.25, 0.3) is 0 Å². The molecule has 1 unspecified atom stereocenters. The van der Waals surface area contributed by atoms with Gasteiger partial charge in [-0.3, -0.25) is 4.79 Å². The highest BCUT2D eigenvalue weighted by Crippen LogP contribution is 2.36. The standard InChI is InChI=1S/C13H16BNO5/c1-8(16)18-7-12-11-6-17-3-2-9-4-10(5-15)19-14(20-12)13(9)11/h2-4,10,12H,5-7,15H2,1H3/t10?,12-/m1/s1. The van der Waals surface area contributed by atoms with Gasteiger partial charge in [0, 0.05) is 13.5 Å². The molecule has 0 aromatic heterocycles. The highest BCUT2D eigenvalue weighted by molar-refractivity contribution is 6.57. The number of hydrogen-bond donors (Lipinski definition) is 1. The van der Waals surface area contributed by atoms with Gasteiger partial charge in [0.1, 0.15) is 19.3 Å². The quantitative estimate of drug-likeness (QED) is 0.582. The van der Waals surface area contributed by atoms with Crippen LogP contribution >= 0.6 is 0 Å². The van der Waals surface area contributed by atoms with Crippen molar-refractivity contribution in [3.8, 4) is 0 Å². The fourth-order valence-corrected chi connectivity index (χ4v) is 2.57. The van der Waals surface area contributed by atoms with Crippen molar-refractivity contribution in [3.05, 3.63) is 35.0 Å². The van der Waals surface area contributed by atoms with Gasteiger partial charge >= 0.3 is 13.1 Å². The van der Waals surface area contributed by atoms with Crippen molar-refractivity contribution in [2.45, 2.75) is 19.1 Å². The van der Waals surface area contributed by atoms with Crippen molar-refractivity contribution in [3.63, 3.8) is 0 Å². The molecular weight excluding hydrogens is 261 g/mol. The van der Waals surface area contributed by atoms with Gasteiger partial charge < -0.3 is 24.5 Å². The summed E-state index contributed by atoms with van der Waals surface area (Å²) in [5.74, 6) is -0.335. The SMILES string of the molecule is CC(=O)OC[C@H]1OB2OC(CN)C=C3C=COCC1=C23. The van der Waals surface area contributed by atoms with E-state index in [-0.39, 0.29) is 24.8 Å². The van der Waals surface area contributed by atoms with Gasteiger partial charge in [-0.2, -0.15) is 0 Å². The third-order valence-electron chi connectivity index (χ3n) is 3.49. The molecule has 3 heterocycles. The minimum atomic E-state index is -0.467. The molecule has 3 aliphatic rings. The Morgan fingerprint density at radius 1 is 1.55 bits per heavy atom. The van der Waals surface area contributed by atoms with Crippen LogP contribution in [0.5, 0.6) is 0 Å². The molecule has 3 rings (SSSR count). The van der Waals surface area contributed by atoms with Crippen molar-refractivity contribution in [2.24, 2.45) is 5.73 Å². The van der Waals surface area contributed by atoms with Crippen molar-refractivity contribution in [1.82, 2.24) is 0 Å². The van der Waals surface area contributed by atoms with E-state index in [0.717, 1.165) is 16.6 Å². The first-order valence-electron chi connectivity index (χ1n) is 6.56. The second-order valence-electron chi connectivity index (χ2n) is 4.84. The van der Waals surface area contributed by atoms with E-state index >= 15 is 0 Å². The number of nitrogens with two attached hydrogens (primary N) is 1. The Morgan fingerprint density at radius 3 is 3.15 bits per heavy atom. The highest BCUT2D eigenvalue weighted by atomic mass is 16.6. The summed E-state index contributed by atoms with van der Waals surface area (Å²) in [5.41, 5.74) is 8.60. The maximum Gasteiger partial charge on any atom is 0.495 e. The second kappa shape index (κ2) is 5.44. The molecule has 0 bridgehead atoms. The van der Waals surface area contributed by atoms with Gasteiger partial charge in [-0.05, 0) is 28.8 Å². The molecular formula is C13H16BNO5. The van der Waals surface area contributed by atoms with E-state index in [1.807, 2.05) is 12.2 Å². The molecule has 2 atom stereocenters. The summed E-state index contributed by atoms with van der Waals surface area (Å²) in [7, 11) is -0.467. The lowest BCUT2D eigenvalue weighted by Gasteiger charge is -2.24. The van der Waals surface area contributed by atoms with Crippen molar-refractivity contribution >= 4 is 13.1 Å². The van der Waals surface area contributed by atoms with Crippen molar-refractivity contribution < 1.29 is 23.6 Å². The molecule has 0 saturated heterocycles. The number of hydrogen-bond acceptors (Lipinski definition) is 6. The first-order valence-corrected chi connectivity index (χ1v) is 6.56. The van der Waals surface area contributed by atoms with E-state index in [1.54, 1.807) is 6.26 Å².